The number of para-hydroxylation sites is 1. The van der Waals surface area contributed by atoms with E-state index in [0.717, 1.165) is 0 Å². The Labute approximate surface area is 148 Å². The molecular formula is C17H17BrN2O4. The molecular weight excluding hydrogens is 376 g/mol. The van der Waals surface area contributed by atoms with Crippen molar-refractivity contribution in [3.63, 3.8) is 0 Å². The molecule has 0 bridgehead atoms. The van der Waals surface area contributed by atoms with E-state index in [1.54, 1.807) is 49.6 Å². The summed E-state index contributed by atoms with van der Waals surface area (Å²) in [5.74, 6) is -0.0934. The van der Waals surface area contributed by atoms with E-state index in [-0.39, 0.29) is 11.8 Å². The smallest absolute Gasteiger partial charge is 0.253 e. The van der Waals surface area contributed by atoms with E-state index >= 15 is 0 Å². The molecule has 0 spiro atoms. The number of nitrogens with one attached hydrogen (secondary N) is 2. The van der Waals surface area contributed by atoms with Crippen LogP contribution in [0.3, 0.4) is 0 Å². The zero-order valence-corrected chi connectivity index (χ0v) is 14.6. The molecule has 2 amide bonds. The minimum atomic E-state index is -0.361. The molecule has 1 aromatic heterocycles. The van der Waals surface area contributed by atoms with Crippen molar-refractivity contribution in [2.45, 2.75) is 0 Å². The number of ether oxygens (including phenoxy) is 1. The van der Waals surface area contributed by atoms with Crippen LogP contribution in [0.25, 0.3) is 6.08 Å². The Kier molecular flexibility index (Phi) is 6.77. The van der Waals surface area contributed by atoms with Gasteiger partial charge in [-0.1, -0.05) is 12.1 Å². The van der Waals surface area contributed by atoms with Crippen LogP contribution in [0.5, 0.6) is 0 Å². The maximum atomic E-state index is 12.1. The zero-order valence-electron chi connectivity index (χ0n) is 13.0. The van der Waals surface area contributed by atoms with Gasteiger partial charge in [0, 0.05) is 19.7 Å². The van der Waals surface area contributed by atoms with Crippen LogP contribution in [0.4, 0.5) is 5.69 Å². The highest BCUT2D eigenvalue weighted by Gasteiger charge is 2.11. The van der Waals surface area contributed by atoms with Gasteiger partial charge in [0.1, 0.15) is 5.76 Å². The molecule has 0 radical (unpaired) electrons. The summed E-state index contributed by atoms with van der Waals surface area (Å²) >= 11 is 3.19. The molecule has 0 atom stereocenters. The number of amides is 2. The first-order valence-corrected chi connectivity index (χ1v) is 8.00. The summed E-state index contributed by atoms with van der Waals surface area (Å²) in [7, 11) is 1.56. The highest BCUT2D eigenvalue weighted by Crippen LogP contribution is 2.17. The number of hydrogen-bond acceptors (Lipinski definition) is 4. The molecule has 0 saturated heterocycles. The molecule has 0 aliphatic carbocycles. The summed E-state index contributed by atoms with van der Waals surface area (Å²) < 4.78 is 10.8. The van der Waals surface area contributed by atoms with Gasteiger partial charge in [-0.25, -0.2) is 0 Å². The minimum Gasteiger partial charge on any atom is -0.450 e. The second kappa shape index (κ2) is 9.05. The van der Waals surface area contributed by atoms with E-state index in [4.69, 9.17) is 9.15 Å². The zero-order chi connectivity index (χ0) is 17.4. The van der Waals surface area contributed by atoms with E-state index < -0.39 is 0 Å². The predicted molar refractivity (Wildman–Crippen MR) is 94.7 cm³/mol. The van der Waals surface area contributed by atoms with Crippen LogP contribution < -0.4 is 10.6 Å². The molecule has 0 saturated carbocycles. The summed E-state index contributed by atoms with van der Waals surface area (Å²) in [5, 5.41) is 5.41. The average molecular weight is 393 g/mol. The molecule has 0 aliphatic heterocycles. The second-order valence-electron chi connectivity index (χ2n) is 4.76. The summed E-state index contributed by atoms with van der Waals surface area (Å²) in [5.41, 5.74) is 0.818. The SMILES string of the molecule is COCCNC(=O)c1ccccc1NC(=O)/C=C/c1ccc(Br)o1. The van der Waals surface area contributed by atoms with Crippen molar-refractivity contribution in [1.29, 1.82) is 0 Å². The van der Waals surface area contributed by atoms with Gasteiger partial charge in [0.15, 0.2) is 4.67 Å². The number of carbonyl (C=O) groups is 2. The monoisotopic (exact) mass is 392 g/mol. The summed E-state index contributed by atoms with van der Waals surface area (Å²) in [4.78, 5) is 24.2. The summed E-state index contributed by atoms with van der Waals surface area (Å²) in [6.07, 6.45) is 2.88. The predicted octanol–water partition coefficient (Wildman–Crippen LogP) is 3.07. The fourth-order valence-corrected chi connectivity index (χ4v) is 2.22. The molecule has 126 valence electrons. The molecule has 24 heavy (non-hydrogen) atoms. The number of methoxy groups -OCH3 is 1. The highest BCUT2D eigenvalue weighted by atomic mass is 79.9. The van der Waals surface area contributed by atoms with Crippen molar-refractivity contribution in [3.8, 4) is 0 Å². The first-order valence-electron chi connectivity index (χ1n) is 7.20. The number of furan rings is 1. The topological polar surface area (TPSA) is 80.6 Å². The van der Waals surface area contributed by atoms with Crippen molar-refractivity contribution in [3.05, 3.63) is 58.5 Å². The van der Waals surface area contributed by atoms with Gasteiger partial charge in [0.25, 0.3) is 5.91 Å². The van der Waals surface area contributed by atoms with Crippen LogP contribution in [-0.4, -0.2) is 32.1 Å². The Balaban J connectivity index is 2.02. The largest absolute Gasteiger partial charge is 0.450 e. The molecule has 2 aromatic rings. The molecule has 0 fully saturated rings. The third-order valence-electron chi connectivity index (χ3n) is 3.01. The van der Waals surface area contributed by atoms with Gasteiger partial charge < -0.3 is 19.8 Å². The molecule has 7 heteroatoms. The lowest BCUT2D eigenvalue weighted by molar-refractivity contribution is -0.111. The first kappa shape index (κ1) is 18.0. The number of hydrogen-bond donors (Lipinski definition) is 2. The van der Waals surface area contributed by atoms with Crippen LogP contribution in [0, 0.1) is 0 Å². The third kappa shape index (κ3) is 5.36. The molecule has 0 unspecified atom stereocenters. The molecule has 2 N–H and O–H groups in total. The molecule has 0 aliphatic rings. The fourth-order valence-electron chi connectivity index (χ4n) is 1.90. The number of carbonyl (C=O) groups excluding carboxylic acids is 2. The summed E-state index contributed by atoms with van der Waals surface area (Å²) in [6, 6.07) is 10.2. The molecule has 2 rings (SSSR count). The van der Waals surface area contributed by atoms with Crippen molar-refractivity contribution in [1.82, 2.24) is 5.32 Å². The Morgan fingerprint density at radius 3 is 2.75 bits per heavy atom. The van der Waals surface area contributed by atoms with Gasteiger partial charge in [0.2, 0.25) is 5.91 Å². The Bertz CT molecular complexity index is 740. The number of anilines is 1. The van der Waals surface area contributed by atoms with Gasteiger partial charge in [-0.15, -0.1) is 0 Å². The van der Waals surface area contributed by atoms with Crippen LogP contribution in [0.1, 0.15) is 16.1 Å². The maximum absolute atomic E-state index is 12.1. The lowest BCUT2D eigenvalue weighted by Gasteiger charge is -2.10. The van der Waals surface area contributed by atoms with Crippen LogP contribution in [0.15, 0.2) is 51.6 Å². The lowest BCUT2D eigenvalue weighted by atomic mass is 10.1. The number of benzene rings is 1. The Morgan fingerprint density at radius 1 is 1.25 bits per heavy atom. The molecule has 6 nitrogen and oxygen atoms in total. The highest BCUT2D eigenvalue weighted by molar-refractivity contribution is 9.10. The van der Waals surface area contributed by atoms with Crippen LogP contribution >= 0.6 is 15.9 Å². The third-order valence-corrected chi connectivity index (χ3v) is 3.44. The van der Waals surface area contributed by atoms with E-state index in [0.29, 0.717) is 34.8 Å². The van der Waals surface area contributed by atoms with E-state index in [1.165, 1.54) is 6.08 Å². The normalized spacial score (nSPS) is 10.8. The Morgan fingerprint density at radius 2 is 2.04 bits per heavy atom. The van der Waals surface area contributed by atoms with E-state index in [2.05, 4.69) is 26.6 Å². The second-order valence-corrected chi connectivity index (χ2v) is 5.54. The van der Waals surface area contributed by atoms with Crippen molar-refractivity contribution in [2.75, 3.05) is 25.6 Å². The first-order chi connectivity index (χ1) is 11.6. The number of rotatable bonds is 7. The van der Waals surface area contributed by atoms with Crippen LogP contribution in [-0.2, 0) is 9.53 Å². The minimum absolute atomic E-state index is 0.276. The van der Waals surface area contributed by atoms with Crippen molar-refractivity contribution < 1.29 is 18.7 Å². The number of halogens is 1. The summed E-state index contributed by atoms with van der Waals surface area (Å²) in [6.45, 7) is 0.812. The average Bonchev–Trinajstić information content (AvgIpc) is 2.99. The van der Waals surface area contributed by atoms with Crippen molar-refractivity contribution >= 4 is 39.5 Å². The Hall–Kier alpha value is -2.38. The standard InChI is InChI=1S/C17H17BrN2O4/c1-23-11-10-19-17(22)13-4-2-3-5-14(13)20-16(21)9-7-12-6-8-15(18)24-12/h2-9H,10-11H2,1H3,(H,19,22)(H,20,21)/b9-7+. The van der Waals surface area contributed by atoms with E-state index in [9.17, 15) is 9.59 Å². The lowest BCUT2D eigenvalue weighted by Crippen LogP contribution is -2.28. The van der Waals surface area contributed by atoms with E-state index in [1.807, 2.05) is 0 Å². The van der Waals surface area contributed by atoms with Gasteiger partial charge in [-0.05, 0) is 46.3 Å². The van der Waals surface area contributed by atoms with Gasteiger partial charge >= 0.3 is 0 Å². The molecule has 1 heterocycles. The van der Waals surface area contributed by atoms with Gasteiger partial charge in [-0.2, -0.15) is 0 Å². The van der Waals surface area contributed by atoms with Gasteiger partial charge in [-0.3, -0.25) is 9.59 Å². The van der Waals surface area contributed by atoms with Gasteiger partial charge in [0.05, 0.1) is 17.9 Å². The van der Waals surface area contributed by atoms with Crippen LogP contribution in [0.2, 0.25) is 0 Å². The van der Waals surface area contributed by atoms with Crippen molar-refractivity contribution in [2.24, 2.45) is 0 Å². The maximum Gasteiger partial charge on any atom is 0.253 e. The quantitative estimate of drug-likeness (QED) is 0.560. The fraction of sp³-hybridized carbons (Fsp3) is 0.176. The molecule has 1 aromatic carbocycles.